The summed E-state index contributed by atoms with van der Waals surface area (Å²) in [6.45, 7) is 0. The second-order valence-corrected chi connectivity index (χ2v) is 3.79. The molecule has 0 radical (unpaired) electrons. The molecule has 1 N–H and O–H groups in total. The molecule has 0 saturated carbocycles. The number of nitrogens with one attached hydrogen (secondary N) is 1. The summed E-state index contributed by atoms with van der Waals surface area (Å²) in [7, 11) is 0. The van der Waals surface area contributed by atoms with Gasteiger partial charge in [0, 0.05) is 6.42 Å². The van der Waals surface area contributed by atoms with Gasteiger partial charge in [-0.25, -0.2) is 0 Å². The largest absolute Gasteiger partial charge is 0.416 e. The fraction of sp³-hybridized carbons (Fsp3) is 0.364. The van der Waals surface area contributed by atoms with Gasteiger partial charge >= 0.3 is 6.18 Å². The van der Waals surface area contributed by atoms with Gasteiger partial charge in [-0.3, -0.25) is 4.84 Å². The Bertz CT molecular complexity index is 419. The van der Waals surface area contributed by atoms with Gasteiger partial charge in [-0.05, 0) is 11.6 Å². The van der Waals surface area contributed by atoms with E-state index in [1.807, 2.05) is 0 Å². The highest BCUT2D eigenvalue weighted by molar-refractivity contribution is 5.58. The van der Waals surface area contributed by atoms with Gasteiger partial charge in [-0.15, -0.1) is 0 Å². The zero-order valence-corrected chi connectivity index (χ0v) is 8.70. The van der Waals surface area contributed by atoms with Crippen LogP contribution >= 0.6 is 0 Å². The molecule has 2 rings (SSSR count). The van der Waals surface area contributed by atoms with Crippen LogP contribution in [-0.2, 0) is 15.8 Å². The highest BCUT2D eigenvalue weighted by Crippen LogP contribution is 2.37. The summed E-state index contributed by atoms with van der Waals surface area (Å²) in [5, 5.41) is 0. The lowest BCUT2D eigenvalue weighted by atomic mass is 9.98. The number of carbonyl (C=O) groups is 1. The Hall–Kier alpha value is -1.40. The third-order valence-corrected chi connectivity index (χ3v) is 2.61. The predicted octanol–water partition coefficient (Wildman–Crippen LogP) is 2.24. The normalized spacial score (nSPS) is 24.9. The fourth-order valence-electron chi connectivity index (χ4n) is 1.81. The number of carbonyl (C=O) groups excluding carboxylic acids is 1. The molecule has 0 spiro atoms. The van der Waals surface area contributed by atoms with Crippen molar-refractivity contribution in [2.45, 2.75) is 24.7 Å². The molecular formula is C11H10F3NO2. The quantitative estimate of drug-likeness (QED) is 0.812. The summed E-state index contributed by atoms with van der Waals surface area (Å²) in [5.74, 6) is 0. The molecule has 1 aromatic carbocycles. The molecule has 2 atom stereocenters. The van der Waals surface area contributed by atoms with Gasteiger partial charge in [0.1, 0.15) is 12.4 Å². The second-order valence-electron chi connectivity index (χ2n) is 3.79. The second kappa shape index (κ2) is 4.46. The van der Waals surface area contributed by atoms with Gasteiger partial charge in [0.25, 0.3) is 0 Å². The molecular weight excluding hydrogens is 235 g/mol. The molecule has 1 saturated heterocycles. The molecule has 17 heavy (non-hydrogen) atoms. The summed E-state index contributed by atoms with van der Waals surface area (Å²) in [4.78, 5) is 15.5. The van der Waals surface area contributed by atoms with Crippen LogP contribution < -0.4 is 5.48 Å². The van der Waals surface area contributed by atoms with Crippen molar-refractivity contribution in [3.63, 3.8) is 0 Å². The summed E-state index contributed by atoms with van der Waals surface area (Å²) >= 11 is 0. The molecule has 1 aliphatic rings. The molecule has 0 amide bonds. The summed E-state index contributed by atoms with van der Waals surface area (Å²) < 4.78 is 38.2. The molecule has 1 aliphatic heterocycles. The number of hydrogen-bond acceptors (Lipinski definition) is 3. The number of halogens is 3. The van der Waals surface area contributed by atoms with Gasteiger partial charge in [0.05, 0.1) is 11.6 Å². The lowest BCUT2D eigenvalue weighted by molar-refractivity contribution is -0.139. The molecule has 2 unspecified atom stereocenters. The van der Waals surface area contributed by atoms with Crippen LogP contribution in [0.5, 0.6) is 0 Å². The van der Waals surface area contributed by atoms with Crippen molar-refractivity contribution in [3.05, 3.63) is 35.4 Å². The number of rotatable bonds is 2. The highest BCUT2D eigenvalue weighted by atomic mass is 19.4. The van der Waals surface area contributed by atoms with E-state index in [1.54, 1.807) is 0 Å². The van der Waals surface area contributed by atoms with Gasteiger partial charge in [-0.1, -0.05) is 18.2 Å². The van der Waals surface area contributed by atoms with Crippen LogP contribution in [0.1, 0.15) is 23.7 Å². The third kappa shape index (κ3) is 2.48. The average molecular weight is 245 g/mol. The van der Waals surface area contributed by atoms with E-state index in [2.05, 4.69) is 5.48 Å². The molecule has 1 aromatic rings. The van der Waals surface area contributed by atoms with E-state index in [4.69, 9.17) is 4.84 Å². The van der Waals surface area contributed by atoms with Crippen molar-refractivity contribution in [1.82, 2.24) is 5.48 Å². The Morgan fingerprint density at radius 2 is 2.06 bits per heavy atom. The molecule has 0 bridgehead atoms. The van der Waals surface area contributed by atoms with Crippen LogP contribution in [0.4, 0.5) is 13.2 Å². The van der Waals surface area contributed by atoms with Crippen LogP contribution in [0.3, 0.4) is 0 Å². The Kier molecular flexibility index (Phi) is 3.17. The molecule has 0 aliphatic carbocycles. The number of alkyl halides is 3. The first kappa shape index (κ1) is 12.1. The number of hydrogen-bond donors (Lipinski definition) is 1. The summed E-state index contributed by atoms with van der Waals surface area (Å²) in [6, 6.07) is 4.66. The fourth-order valence-corrected chi connectivity index (χ4v) is 1.81. The van der Waals surface area contributed by atoms with E-state index in [1.165, 1.54) is 18.2 Å². The molecule has 1 heterocycles. The predicted molar refractivity (Wildman–Crippen MR) is 52.9 cm³/mol. The van der Waals surface area contributed by atoms with Gasteiger partial charge in [0.2, 0.25) is 0 Å². The van der Waals surface area contributed by atoms with E-state index in [-0.39, 0.29) is 12.0 Å². The smallest absolute Gasteiger partial charge is 0.302 e. The molecule has 0 aromatic heterocycles. The molecule has 3 nitrogen and oxygen atoms in total. The first-order chi connectivity index (χ1) is 8.02. The van der Waals surface area contributed by atoms with Crippen LogP contribution in [0.25, 0.3) is 0 Å². The number of aldehydes is 1. The number of hydroxylamine groups is 1. The molecule has 1 fully saturated rings. The Labute approximate surface area is 95.5 Å². The summed E-state index contributed by atoms with van der Waals surface area (Å²) in [6.07, 6.45) is -4.34. The third-order valence-electron chi connectivity index (χ3n) is 2.61. The minimum atomic E-state index is -4.42. The van der Waals surface area contributed by atoms with E-state index < -0.39 is 23.9 Å². The van der Waals surface area contributed by atoms with Crippen LogP contribution in [0.15, 0.2) is 24.3 Å². The topological polar surface area (TPSA) is 38.3 Å². The lowest BCUT2D eigenvalue weighted by Crippen LogP contribution is -2.20. The SMILES string of the molecule is O=CC1CC(c2ccccc2C(F)(F)F)ON1. The minimum absolute atomic E-state index is 0.0526. The lowest BCUT2D eigenvalue weighted by Gasteiger charge is -2.16. The maximum Gasteiger partial charge on any atom is 0.416 e. The minimum Gasteiger partial charge on any atom is -0.302 e. The van der Waals surface area contributed by atoms with E-state index in [0.29, 0.717) is 6.29 Å². The van der Waals surface area contributed by atoms with E-state index >= 15 is 0 Å². The van der Waals surface area contributed by atoms with Crippen molar-refractivity contribution >= 4 is 6.29 Å². The molecule has 6 heteroatoms. The Morgan fingerprint density at radius 3 is 2.65 bits per heavy atom. The number of benzene rings is 1. The monoisotopic (exact) mass is 245 g/mol. The van der Waals surface area contributed by atoms with Crippen molar-refractivity contribution in [2.75, 3.05) is 0 Å². The van der Waals surface area contributed by atoms with E-state index in [9.17, 15) is 18.0 Å². The zero-order valence-electron chi connectivity index (χ0n) is 8.70. The maximum atomic E-state index is 12.7. The summed E-state index contributed by atoms with van der Waals surface area (Å²) in [5.41, 5.74) is 1.73. The van der Waals surface area contributed by atoms with Crippen molar-refractivity contribution in [2.24, 2.45) is 0 Å². The first-order valence-electron chi connectivity index (χ1n) is 5.05. The van der Waals surface area contributed by atoms with Crippen LogP contribution in [0.2, 0.25) is 0 Å². The van der Waals surface area contributed by atoms with Crippen molar-refractivity contribution in [3.8, 4) is 0 Å². The first-order valence-corrected chi connectivity index (χ1v) is 5.05. The Morgan fingerprint density at radius 1 is 1.35 bits per heavy atom. The van der Waals surface area contributed by atoms with Gasteiger partial charge in [0.15, 0.2) is 0 Å². The highest BCUT2D eigenvalue weighted by Gasteiger charge is 2.37. The standard InChI is InChI=1S/C11H10F3NO2/c12-11(13,14)9-4-2-1-3-8(9)10-5-7(6-16)15-17-10/h1-4,6-7,10,15H,5H2. The average Bonchev–Trinajstić information content (AvgIpc) is 2.76. The van der Waals surface area contributed by atoms with Crippen LogP contribution in [0, 0.1) is 0 Å². The van der Waals surface area contributed by atoms with Gasteiger partial charge < -0.3 is 4.79 Å². The van der Waals surface area contributed by atoms with Crippen molar-refractivity contribution in [1.29, 1.82) is 0 Å². The molecule has 92 valence electrons. The van der Waals surface area contributed by atoms with Crippen LogP contribution in [-0.4, -0.2) is 12.3 Å². The maximum absolute atomic E-state index is 12.7. The van der Waals surface area contributed by atoms with Crippen molar-refractivity contribution < 1.29 is 22.8 Å². The zero-order chi connectivity index (χ0) is 12.5. The Balaban J connectivity index is 2.30. The van der Waals surface area contributed by atoms with Gasteiger partial charge in [-0.2, -0.15) is 18.7 Å². The van der Waals surface area contributed by atoms with E-state index in [0.717, 1.165) is 6.07 Å².